The van der Waals surface area contributed by atoms with Gasteiger partial charge in [-0.3, -0.25) is 13.9 Å². The van der Waals surface area contributed by atoms with E-state index in [1.807, 2.05) is 6.92 Å². The van der Waals surface area contributed by atoms with Crippen LogP contribution in [0, 0.1) is 6.92 Å². The van der Waals surface area contributed by atoms with Crippen LogP contribution < -0.4 is 19.1 Å². The van der Waals surface area contributed by atoms with E-state index in [0.717, 1.165) is 15.4 Å². The second-order valence-electron chi connectivity index (χ2n) is 8.68. The Morgan fingerprint density at radius 1 is 0.868 bits per heavy atom. The number of ether oxygens (including phenoxy) is 2. The molecule has 0 bridgehead atoms. The van der Waals surface area contributed by atoms with Gasteiger partial charge in [-0.05, 0) is 67.9 Å². The van der Waals surface area contributed by atoms with Crippen molar-refractivity contribution < 1.29 is 27.5 Å². The van der Waals surface area contributed by atoms with Crippen molar-refractivity contribution in [2.45, 2.75) is 31.3 Å². The molecule has 3 aromatic carbocycles. The molecule has 0 radical (unpaired) electrons. The van der Waals surface area contributed by atoms with E-state index < -0.39 is 28.5 Å². The average molecular weight is 540 g/mol. The number of anilines is 1. The fourth-order valence-corrected chi connectivity index (χ4v) is 5.25. The number of carbonyl (C=O) groups excluding carboxylic acids is 2. The first-order chi connectivity index (χ1) is 18.1. The third-order valence-electron chi connectivity index (χ3n) is 6.17. The van der Waals surface area contributed by atoms with Gasteiger partial charge in [-0.2, -0.15) is 0 Å². The van der Waals surface area contributed by atoms with Crippen molar-refractivity contribution in [1.82, 2.24) is 10.2 Å². The highest BCUT2D eigenvalue weighted by Crippen LogP contribution is 2.26. The number of methoxy groups -OCH3 is 2. The highest BCUT2D eigenvalue weighted by Gasteiger charge is 2.32. The van der Waals surface area contributed by atoms with Crippen molar-refractivity contribution in [2.24, 2.45) is 0 Å². The zero-order chi connectivity index (χ0) is 27.9. The lowest BCUT2D eigenvalue weighted by molar-refractivity contribution is -0.139. The smallest absolute Gasteiger partial charge is 0.264 e. The van der Waals surface area contributed by atoms with Crippen LogP contribution in [0.3, 0.4) is 0 Å². The van der Waals surface area contributed by atoms with Crippen LogP contribution in [0.15, 0.2) is 77.7 Å². The molecule has 0 heterocycles. The molecule has 2 amide bonds. The highest BCUT2D eigenvalue weighted by atomic mass is 32.2. The van der Waals surface area contributed by atoms with Gasteiger partial charge < -0.3 is 19.7 Å². The number of nitrogens with zero attached hydrogens (tertiary/aromatic N) is 2. The summed E-state index contributed by atoms with van der Waals surface area (Å²) in [7, 11) is 0.396. The molecule has 0 fully saturated rings. The van der Waals surface area contributed by atoms with Gasteiger partial charge in [-0.1, -0.05) is 29.8 Å². The topological polar surface area (TPSA) is 105 Å². The van der Waals surface area contributed by atoms with Crippen LogP contribution in [-0.4, -0.2) is 59.0 Å². The number of rotatable bonds is 11. The zero-order valence-electron chi connectivity index (χ0n) is 22.2. The molecule has 1 atom stereocenters. The van der Waals surface area contributed by atoms with E-state index in [9.17, 15) is 18.0 Å². The molecule has 1 N–H and O–H groups in total. The Bertz CT molecular complexity index is 1340. The molecule has 0 aromatic heterocycles. The van der Waals surface area contributed by atoms with Gasteiger partial charge in [0.05, 0.1) is 24.8 Å². The molecule has 0 spiro atoms. The molecule has 1 unspecified atom stereocenters. The molecule has 0 aliphatic carbocycles. The minimum Gasteiger partial charge on any atom is -0.497 e. The summed E-state index contributed by atoms with van der Waals surface area (Å²) >= 11 is 0. The fourth-order valence-electron chi connectivity index (χ4n) is 3.83. The van der Waals surface area contributed by atoms with Crippen molar-refractivity contribution in [3.8, 4) is 11.5 Å². The highest BCUT2D eigenvalue weighted by molar-refractivity contribution is 7.92. The lowest BCUT2D eigenvalue weighted by atomic mass is 10.1. The lowest BCUT2D eigenvalue weighted by Gasteiger charge is -2.31. The third kappa shape index (κ3) is 6.63. The predicted molar refractivity (Wildman–Crippen MR) is 146 cm³/mol. The van der Waals surface area contributed by atoms with Gasteiger partial charge in [-0.15, -0.1) is 0 Å². The molecule has 0 aliphatic heterocycles. The van der Waals surface area contributed by atoms with Crippen molar-refractivity contribution >= 4 is 27.5 Å². The first-order valence-corrected chi connectivity index (χ1v) is 13.4. The molecule has 10 heteroatoms. The molecular formula is C28H33N3O6S. The van der Waals surface area contributed by atoms with Gasteiger partial charge in [0.15, 0.2) is 0 Å². The van der Waals surface area contributed by atoms with Crippen LogP contribution in [0.2, 0.25) is 0 Å². The maximum absolute atomic E-state index is 13.8. The summed E-state index contributed by atoms with van der Waals surface area (Å²) in [5, 5.41) is 2.57. The summed E-state index contributed by atoms with van der Waals surface area (Å²) in [6, 6.07) is 19.1. The van der Waals surface area contributed by atoms with E-state index in [-0.39, 0.29) is 17.3 Å². The largest absolute Gasteiger partial charge is 0.497 e. The van der Waals surface area contributed by atoms with Crippen LogP contribution in [0.1, 0.15) is 18.1 Å². The summed E-state index contributed by atoms with van der Waals surface area (Å²) in [6.45, 7) is 3.09. The summed E-state index contributed by atoms with van der Waals surface area (Å²) in [5.74, 6) is 0.260. The number of aryl methyl sites for hydroxylation is 1. The van der Waals surface area contributed by atoms with E-state index in [0.29, 0.717) is 17.2 Å². The molecule has 38 heavy (non-hydrogen) atoms. The van der Waals surface area contributed by atoms with E-state index in [1.165, 1.54) is 31.2 Å². The molecule has 0 aliphatic rings. The van der Waals surface area contributed by atoms with Crippen molar-refractivity contribution in [1.29, 1.82) is 0 Å². The predicted octanol–water partition coefficient (Wildman–Crippen LogP) is 3.37. The number of carbonyl (C=O) groups is 2. The van der Waals surface area contributed by atoms with Crippen LogP contribution in [0.4, 0.5) is 5.69 Å². The Balaban J connectivity index is 2.01. The van der Waals surface area contributed by atoms with Gasteiger partial charge in [0, 0.05) is 13.6 Å². The van der Waals surface area contributed by atoms with E-state index in [2.05, 4.69) is 5.32 Å². The molecule has 3 aromatic rings. The summed E-state index contributed by atoms with van der Waals surface area (Å²) in [5.41, 5.74) is 2.03. The Kier molecular flexibility index (Phi) is 9.35. The SMILES string of the molecule is CNC(=O)C(C)N(Cc1ccc(OC)cc1)C(=O)CN(c1ccc(C)cc1)S(=O)(=O)c1ccc(OC)cc1. The Labute approximate surface area is 224 Å². The van der Waals surface area contributed by atoms with Crippen molar-refractivity contribution in [3.63, 3.8) is 0 Å². The Morgan fingerprint density at radius 2 is 1.39 bits per heavy atom. The number of sulfonamides is 1. The minimum atomic E-state index is -4.14. The average Bonchev–Trinajstić information content (AvgIpc) is 2.94. The maximum atomic E-state index is 13.8. The summed E-state index contributed by atoms with van der Waals surface area (Å²) in [6.07, 6.45) is 0. The van der Waals surface area contributed by atoms with E-state index in [4.69, 9.17) is 9.47 Å². The Hall–Kier alpha value is -4.05. The minimum absolute atomic E-state index is 0.00716. The maximum Gasteiger partial charge on any atom is 0.264 e. The molecule has 0 saturated heterocycles. The van der Waals surface area contributed by atoms with Gasteiger partial charge in [0.1, 0.15) is 24.1 Å². The van der Waals surface area contributed by atoms with Crippen LogP contribution in [-0.2, 0) is 26.2 Å². The van der Waals surface area contributed by atoms with Gasteiger partial charge in [0.25, 0.3) is 10.0 Å². The molecular weight excluding hydrogens is 506 g/mol. The Morgan fingerprint density at radius 3 is 1.89 bits per heavy atom. The van der Waals surface area contributed by atoms with Crippen LogP contribution in [0.25, 0.3) is 0 Å². The zero-order valence-corrected chi connectivity index (χ0v) is 23.0. The second kappa shape index (κ2) is 12.5. The van der Waals surface area contributed by atoms with Crippen molar-refractivity contribution in [3.05, 3.63) is 83.9 Å². The number of nitrogens with one attached hydrogen (secondary N) is 1. The summed E-state index contributed by atoms with van der Waals surface area (Å²) < 4.78 is 39.0. The monoisotopic (exact) mass is 539 g/mol. The molecule has 3 rings (SSSR count). The number of hydrogen-bond acceptors (Lipinski definition) is 6. The molecule has 9 nitrogen and oxygen atoms in total. The quantitative estimate of drug-likeness (QED) is 0.401. The first-order valence-electron chi connectivity index (χ1n) is 12.0. The number of amides is 2. The number of hydrogen-bond donors (Lipinski definition) is 1. The summed E-state index contributed by atoms with van der Waals surface area (Å²) in [4.78, 5) is 27.7. The van der Waals surface area contributed by atoms with Crippen molar-refractivity contribution in [2.75, 3.05) is 32.1 Å². The standard InChI is InChI=1S/C28H33N3O6S/c1-20-6-10-23(11-7-20)31(38(34,35)26-16-14-25(37-5)15-17-26)19-27(32)30(21(2)28(33)29-3)18-22-8-12-24(36-4)13-9-22/h6-17,21H,18-19H2,1-5H3,(H,29,33). The van der Waals surface area contributed by atoms with E-state index >= 15 is 0 Å². The molecule has 0 saturated carbocycles. The van der Waals surface area contributed by atoms with Gasteiger partial charge >= 0.3 is 0 Å². The second-order valence-corrected chi connectivity index (χ2v) is 10.5. The third-order valence-corrected chi connectivity index (χ3v) is 7.96. The van der Waals surface area contributed by atoms with Crippen LogP contribution >= 0.6 is 0 Å². The molecule has 202 valence electrons. The number of benzene rings is 3. The van der Waals surface area contributed by atoms with Gasteiger partial charge in [0.2, 0.25) is 11.8 Å². The number of likely N-dealkylation sites (N-methyl/N-ethyl adjacent to an activating group) is 1. The lowest BCUT2D eigenvalue weighted by Crippen LogP contribution is -2.50. The normalized spacial score (nSPS) is 11.8. The van der Waals surface area contributed by atoms with Gasteiger partial charge in [-0.25, -0.2) is 8.42 Å². The fraction of sp³-hybridized carbons (Fsp3) is 0.286. The van der Waals surface area contributed by atoms with E-state index in [1.54, 1.807) is 74.7 Å². The first kappa shape index (κ1) is 28.5. The van der Waals surface area contributed by atoms with Crippen LogP contribution in [0.5, 0.6) is 11.5 Å².